The highest BCUT2D eigenvalue weighted by atomic mass is 35.7. The number of halogens is 1. The zero-order valence-corrected chi connectivity index (χ0v) is 11.1. The number of non-ortho nitro benzene ring substituents is 1. The predicted octanol–water partition coefficient (Wildman–Crippen LogP) is 3.19. The second-order valence-corrected chi connectivity index (χ2v) is 6.27. The molecule has 0 atom stereocenters. The van der Waals surface area contributed by atoms with Crippen LogP contribution in [0.1, 0.15) is 0 Å². The molecule has 2 rings (SSSR count). The van der Waals surface area contributed by atoms with Crippen LogP contribution in [0.4, 0.5) is 5.69 Å². The second-order valence-electron chi connectivity index (χ2n) is 3.74. The van der Waals surface area contributed by atoms with Crippen molar-refractivity contribution in [3.05, 3.63) is 58.6 Å². The van der Waals surface area contributed by atoms with E-state index in [0.29, 0.717) is 11.1 Å². The van der Waals surface area contributed by atoms with Gasteiger partial charge in [0.05, 0.1) is 9.82 Å². The van der Waals surface area contributed by atoms with Gasteiger partial charge in [-0.25, -0.2) is 8.42 Å². The molecule has 0 saturated heterocycles. The Balaban J connectivity index is 2.57. The molecule has 7 heteroatoms. The van der Waals surface area contributed by atoms with E-state index in [-0.39, 0.29) is 10.6 Å². The summed E-state index contributed by atoms with van der Waals surface area (Å²) in [6, 6.07) is 11.8. The molecule has 0 aliphatic carbocycles. The van der Waals surface area contributed by atoms with Gasteiger partial charge in [0.15, 0.2) is 0 Å². The normalized spacial score (nSPS) is 11.2. The number of nitrogens with zero attached hydrogens (tertiary/aromatic N) is 1. The molecule has 98 valence electrons. The molecule has 2 aromatic rings. The van der Waals surface area contributed by atoms with Crippen molar-refractivity contribution < 1.29 is 13.3 Å². The molecule has 0 saturated carbocycles. The first-order valence-electron chi connectivity index (χ1n) is 5.18. The third-order valence-electron chi connectivity index (χ3n) is 2.54. The topological polar surface area (TPSA) is 77.3 Å². The Morgan fingerprint density at radius 3 is 2.11 bits per heavy atom. The SMILES string of the molecule is O=[N+]([O-])c1ccc(-c2ccccc2S(=O)(=O)Cl)cc1. The summed E-state index contributed by atoms with van der Waals surface area (Å²) >= 11 is 0. The van der Waals surface area contributed by atoms with Crippen LogP contribution in [0, 0.1) is 10.1 Å². The zero-order chi connectivity index (χ0) is 14.0. The zero-order valence-electron chi connectivity index (χ0n) is 9.49. The molecule has 0 heterocycles. The number of nitro benzene ring substituents is 1. The average Bonchev–Trinajstić information content (AvgIpc) is 2.38. The van der Waals surface area contributed by atoms with Gasteiger partial charge in [-0.1, -0.05) is 18.2 Å². The Morgan fingerprint density at radius 1 is 1.00 bits per heavy atom. The maximum Gasteiger partial charge on any atom is 0.269 e. The molecule has 0 spiro atoms. The van der Waals surface area contributed by atoms with E-state index < -0.39 is 14.0 Å². The summed E-state index contributed by atoms with van der Waals surface area (Å²) in [6.07, 6.45) is 0. The van der Waals surface area contributed by atoms with Gasteiger partial charge in [-0.05, 0) is 23.8 Å². The van der Waals surface area contributed by atoms with E-state index in [2.05, 4.69) is 0 Å². The molecule has 2 aromatic carbocycles. The van der Waals surface area contributed by atoms with E-state index in [9.17, 15) is 18.5 Å². The van der Waals surface area contributed by atoms with Crippen molar-refractivity contribution >= 4 is 25.4 Å². The number of benzene rings is 2. The third-order valence-corrected chi connectivity index (χ3v) is 3.92. The standard InChI is InChI=1S/C12H8ClNO4S/c13-19(17,18)12-4-2-1-3-11(12)9-5-7-10(8-6-9)14(15)16/h1-8H. The fourth-order valence-electron chi connectivity index (χ4n) is 1.68. The van der Waals surface area contributed by atoms with Crippen molar-refractivity contribution in [2.75, 3.05) is 0 Å². The maximum absolute atomic E-state index is 11.5. The Hall–Kier alpha value is -1.92. The molecule has 0 bridgehead atoms. The lowest BCUT2D eigenvalue weighted by Gasteiger charge is -2.06. The Morgan fingerprint density at radius 2 is 1.58 bits per heavy atom. The van der Waals surface area contributed by atoms with Crippen LogP contribution in [-0.4, -0.2) is 13.3 Å². The Kier molecular flexibility index (Phi) is 3.55. The van der Waals surface area contributed by atoms with Gasteiger partial charge in [0.1, 0.15) is 0 Å². The fraction of sp³-hybridized carbons (Fsp3) is 0. The molecule has 0 aliphatic rings. The van der Waals surface area contributed by atoms with Gasteiger partial charge >= 0.3 is 0 Å². The van der Waals surface area contributed by atoms with Crippen LogP contribution >= 0.6 is 10.7 Å². The summed E-state index contributed by atoms with van der Waals surface area (Å²) in [5.41, 5.74) is 0.896. The molecular weight excluding hydrogens is 290 g/mol. The molecular formula is C12H8ClNO4S. The molecule has 0 aromatic heterocycles. The summed E-state index contributed by atoms with van der Waals surface area (Å²) in [6.45, 7) is 0. The van der Waals surface area contributed by atoms with Crippen molar-refractivity contribution in [2.24, 2.45) is 0 Å². The van der Waals surface area contributed by atoms with E-state index in [0.717, 1.165) is 0 Å². The lowest BCUT2D eigenvalue weighted by molar-refractivity contribution is -0.384. The summed E-state index contributed by atoms with van der Waals surface area (Å²) in [7, 11) is 1.49. The number of hydrogen-bond donors (Lipinski definition) is 0. The Bertz CT molecular complexity index is 726. The average molecular weight is 298 g/mol. The summed E-state index contributed by atoms with van der Waals surface area (Å²) in [5, 5.41) is 10.6. The number of rotatable bonds is 3. The van der Waals surface area contributed by atoms with Crippen LogP contribution in [0.5, 0.6) is 0 Å². The van der Waals surface area contributed by atoms with Crippen molar-refractivity contribution in [3.63, 3.8) is 0 Å². The van der Waals surface area contributed by atoms with Gasteiger partial charge in [-0.15, -0.1) is 0 Å². The van der Waals surface area contributed by atoms with Crippen LogP contribution < -0.4 is 0 Å². The smallest absolute Gasteiger partial charge is 0.258 e. The minimum Gasteiger partial charge on any atom is -0.258 e. The van der Waals surface area contributed by atoms with Crippen molar-refractivity contribution in [3.8, 4) is 11.1 Å². The lowest BCUT2D eigenvalue weighted by atomic mass is 10.1. The van der Waals surface area contributed by atoms with Crippen LogP contribution in [0.3, 0.4) is 0 Å². The molecule has 0 radical (unpaired) electrons. The van der Waals surface area contributed by atoms with Crippen molar-refractivity contribution in [1.29, 1.82) is 0 Å². The fourth-order valence-corrected chi connectivity index (χ4v) is 2.77. The van der Waals surface area contributed by atoms with Crippen molar-refractivity contribution in [1.82, 2.24) is 0 Å². The second kappa shape index (κ2) is 4.99. The van der Waals surface area contributed by atoms with Gasteiger partial charge in [-0.3, -0.25) is 10.1 Å². The minimum atomic E-state index is -3.87. The van der Waals surface area contributed by atoms with Crippen LogP contribution in [0.2, 0.25) is 0 Å². The van der Waals surface area contributed by atoms with Gasteiger partial charge in [0.25, 0.3) is 14.7 Å². The summed E-state index contributed by atoms with van der Waals surface area (Å²) < 4.78 is 22.9. The van der Waals surface area contributed by atoms with E-state index in [1.54, 1.807) is 18.2 Å². The monoisotopic (exact) mass is 297 g/mol. The van der Waals surface area contributed by atoms with Crippen LogP contribution in [-0.2, 0) is 9.05 Å². The number of nitro groups is 1. The van der Waals surface area contributed by atoms with Gasteiger partial charge < -0.3 is 0 Å². The van der Waals surface area contributed by atoms with E-state index in [1.807, 2.05) is 0 Å². The molecule has 19 heavy (non-hydrogen) atoms. The van der Waals surface area contributed by atoms with Gasteiger partial charge in [0.2, 0.25) is 0 Å². The number of hydrogen-bond acceptors (Lipinski definition) is 4. The van der Waals surface area contributed by atoms with E-state index in [1.165, 1.54) is 30.3 Å². The first-order chi connectivity index (χ1) is 8.89. The quantitative estimate of drug-likeness (QED) is 0.495. The molecule has 5 nitrogen and oxygen atoms in total. The van der Waals surface area contributed by atoms with E-state index >= 15 is 0 Å². The third kappa shape index (κ3) is 2.91. The predicted molar refractivity (Wildman–Crippen MR) is 71.6 cm³/mol. The van der Waals surface area contributed by atoms with Gasteiger partial charge in [0, 0.05) is 28.4 Å². The Labute approximate surface area is 114 Å². The molecule has 0 amide bonds. The van der Waals surface area contributed by atoms with Gasteiger partial charge in [-0.2, -0.15) is 0 Å². The molecule has 0 aliphatic heterocycles. The van der Waals surface area contributed by atoms with Crippen LogP contribution in [0.15, 0.2) is 53.4 Å². The first-order valence-corrected chi connectivity index (χ1v) is 7.49. The van der Waals surface area contributed by atoms with Crippen molar-refractivity contribution in [2.45, 2.75) is 4.90 Å². The highest BCUT2D eigenvalue weighted by molar-refractivity contribution is 8.13. The highest BCUT2D eigenvalue weighted by Gasteiger charge is 2.16. The van der Waals surface area contributed by atoms with E-state index in [4.69, 9.17) is 10.7 Å². The maximum atomic E-state index is 11.5. The molecule has 0 unspecified atom stereocenters. The largest absolute Gasteiger partial charge is 0.269 e. The molecule has 0 fully saturated rings. The molecule has 0 N–H and O–H groups in total. The minimum absolute atomic E-state index is 0.0227. The van der Waals surface area contributed by atoms with Crippen LogP contribution in [0.25, 0.3) is 11.1 Å². The summed E-state index contributed by atoms with van der Waals surface area (Å²) in [5.74, 6) is 0. The first kappa shape index (κ1) is 13.5. The summed E-state index contributed by atoms with van der Waals surface area (Å²) in [4.78, 5) is 10.0. The lowest BCUT2D eigenvalue weighted by Crippen LogP contribution is -1.94. The highest BCUT2D eigenvalue weighted by Crippen LogP contribution is 2.30.